The lowest BCUT2D eigenvalue weighted by Crippen LogP contribution is -2.13. The standard InChI is InChI=1S/C13H14N6OS/c14-11(20)9-21-13-16-12(18-19-13)17-15-8-4-7-10-5-2-1-3-6-10/h1-8H,9H2,(H2,14,20)(H2,16,17,18,19). The number of aromatic nitrogens is 3. The number of anilines is 1. The number of thioether (sulfide) groups is 1. The van der Waals surface area contributed by atoms with Gasteiger partial charge in [0, 0.05) is 6.21 Å². The van der Waals surface area contributed by atoms with Crippen LogP contribution in [0.4, 0.5) is 5.95 Å². The number of primary amides is 1. The Morgan fingerprint density at radius 3 is 3.00 bits per heavy atom. The van der Waals surface area contributed by atoms with Crippen molar-refractivity contribution in [3.63, 3.8) is 0 Å². The van der Waals surface area contributed by atoms with Crippen LogP contribution in [-0.2, 0) is 4.79 Å². The molecule has 2 aromatic rings. The van der Waals surface area contributed by atoms with Crippen LogP contribution < -0.4 is 11.2 Å². The number of aromatic amines is 1. The molecule has 0 aliphatic carbocycles. The molecule has 108 valence electrons. The zero-order valence-electron chi connectivity index (χ0n) is 11.1. The van der Waals surface area contributed by atoms with Crippen molar-refractivity contribution in [2.75, 3.05) is 11.2 Å². The Labute approximate surface area is 125 Å². The first-order valence-corrected chi connectivity index (χ1v) is 7.07. The molecule has 0 unspecified atom stereocenters. The van der Waals surface area contributed by atoms with Gasteiger partial charge in [-0.15, -0.1) is 5.10 Å². The number of hydrogen-bond acceptors (Lipinski definition) is 6. The molecular formula is C13H14N6OS. The summed E-state index contributed by atoms with van der Waals surface area (Å²) in [5, 5.41) is 11.0. The lowest BCUT2D eigenvalue weighted by molar-refractivity contribution is -0.115. The number of nitrogens with two attached hydrogens (primary N) is 1. The molecule has 0 spiro atoms. The van der Waals surface area contributed by atoms with E-state index in [4.69, 9.17) is 5.73 Å². The van der Waals surface area contributed by atoms with Gasteiger partial charge in [0.05, 0.1) is 5.75 Å². The SMILES string of the molecule is NC(=O)CSc1n[nH]c(NN=CC=Cc2ccccc2)n1. The van der Waals surface area contributed by atoms with Crippen LogP contribution in [0.3, 0.4) is 0 Å². The maximum atomic E-state index is 10.6. The van der Waals surface area contributed by atoms with Crippen molar-refractivity contribution >= 4 is 35.9 Å². The number of hydrogen-bond donors (Lipinski definition) is 3. The Morgan fingerprint density at radius 2 is 2.24 bits per heavy atom. The number of carbonyl (C=O) groups excluding carboxylic acids is 1. The predicted octanol–water partition coefficient (Wildman–Crippen LogP) is 1.49. The van der Waals surface area contributed by atoms with E-state index in [0.29, 0.717) is 11.1 Å². The Morgan fingerprint density at radius 1 is 1.43 bits per heavy atom. The van der Waals surface area contributed by atoms with Crippen molar-refractivity contribution in [1.29, 1.82) is 0 Å². The smallest absolute Gasteiger partial charge is 0.240 e. The summed E-state index contributed by atoms with van der Waals surface area (Å²) in [6.45, 7) is 0. The van der Waals surface area contributed by atoms with Crippen molar-refractivity contribution in [1.82, 2.24) is 15.2 Å². The van der Waals surface area contributed by atoms with Gasteiger partial charge >= 0.3 is 0 Å². The number of rotatable bonds is 7. The Hall–Kier alpha value is -2.61. The fraction of sp³-hybridized carbons (Fsp3) is 0.0769. The average molecular weight is 302 g/mol. The van der Waals surface area contributed by atoms with E-state index in [0.717, 1.165) is 17.3 Å². The van der Waals surface area contributed by atoms with E-state index in [1.54, 1.807) is 12.3 Å². The fourth-order valence-electron chi connectivity index (χ4n) is 1.36. The molecule has 2 rings (SSSR count). The molecule has 8 heteroatoms. The third kappa shape index (κ3) is 5.49. The molecule has 0 aliphatic rings. The van der Waals surface area contributed by atoms with E-state index in [2.05, 4.69) is 25.7 Å². The molecule has 0 atom stereocenters. The largest absolute Gasteiger partial charge is 0.369 e. The molecule has 0 saturated carbocycles. The molecule has 1 aromatic heterocycles. The van der Waals surface area contributed by atoms with E-state index in [1.807, 2.05) is 36.4 Å². The zero-order valence-corrected chi connectivity index (χ0v) is 11.9. The molecule has 4 N–H and O–H groups in total. The Balaban J connectivity index is 1.79. The van der Waals surface area contributed by atoms with Crippen molar-refractivity contribution in [3.8, 4) is 0 Å². The highest BCUT2D eigenvalue weighted by Crippen LogP contribution is 2.12. The Bertz CT molecular complexity index is 637. The molecule has 1 heterocycles. The molecule has 0 aliphatic heterocycles. The summed E-state index contributed by atoms with van der Waals surface area (Å²) in [6.07, 6.45) is 5.34. The van der Waals surface area contributed by atoms with Gasteiger partial charge in [-0.05, 0) is 11.6 Å². The third-order valence-corrected chi connectivity index (χ3v) is 3.10. The second kappa shape index (κ2) is 7.85. The van der Waals surface area contributed by atoms with Gasteiger partial charge < -0.3 is 5.73 Å². The summed E-state index contributed by atoms with van der Waals surface area (Å²) in [7, 11) is 0. The van der Waals surface area contributed by atoms with Gasteiger partial charge in [0.1, 0.15) is 0 Å². The third-order valence-electron chi connectivity index (χ3n) is 2.23. The molecule has 0 fully saturated rings. The number of H-pyrrole nitrogens is 1. The first kappa shape index (κ1) is 14.8. The molecular weight excluding hydrogens is 288 g/mol. The van der Waals surface area contributed by atoms with Gasteiger partial charge in [0.2, 0.25) is 17.0 Å². The number of benzene rings is 1. The summed E-state index contributed by atoms with van der Waals surface area (Å²) in [5.74, 6) is 0.120. The van der Waals surface area contributed by atoms with Crippen LogP contribution in [0.2, 0.25) is 0 Å². The summed E-state index contributed by atoms with van der Waals surface area (Å²) in [6, 6.07) is 9.89. The summed E-state index contributed by atoms with van der Waals surface area (Å²) in [4.78, 5) is 14.7. The molecule has 1 aromatic carbocycles. The minimum atomic E-state index is -0.414. The van der Waals surface area contributed by atoms with E-state index in [1.165, 1.54) is 0 Å². The van der Waals surface area contributed by atoms with Crippen LogP contribution in [0.25, 0.3) is 6.08 Å². The lowest BCUT2D eigenvalue weighted by Gasteiger charge is -1.91. The molecule has 0 radical (unpaired) electrons. The van der Waals surface area contributed by atoms with E-state index in [9.17, 15) is 4.79 Å². The highest BCUT2D eigenvalue weighted by molar-refractivity contribution is 7.99. The van der Waals surface area contributed by atoms with E-state index >= 15 is 0 Å². The quantitative estimate of drug-likeness (QED) is 0.408. The van der Waals surface area contributed by atoms with Crippen LogP contribution in [0.15, 0.2) is 46.7 Å². The zero-order chi connectivity index (χ0) is 14.9. The molecule has 1 amide bonds. The first-order chi connectivity index (χ1) is 10.2. The first-order valence-electron chi connectivity index (χ1n) is 6.08. The van der Waals surface area contributed by atoms with Gasteiger partial charge in [-0.2, -0.15) is 10.1 Å². The highest BCUT2D eigenvalue weighted by atomic mass is 32.2. The van der Waals surface area contributed by atoms with Gasteiger partial charge in [-0.3, -0.25) is 4.79 Å². The van der Waals surface area contributed by atoms with E-state index in [-0.39, 0.29) is 5.75 Å². The second-order valence-corrected chi connectivity index (χ2v) is 4.82. The maximum Gasteiger partial charge on any atom is 0.240 e. The highest BCUT2D eigenvalue weighted by Gasteiger charge is 2.04. The summed E-state index contributed by atoms with van der Waals surface area (Å²) in [5.41, 5.74) is 8.83. The minimum absolute atomic E-state index is 0.139. The second-order valence-electron chi connectivity index (χ2n) is 3.88. The number of allylic oxidation sites excluding steroid dienone is 1. The number of hydrazone groups is 1. The maximum absolute atomic E-state index is 10.6. The lowest BCUT2D eigenvalue weighted by atomic mass is 10.2. The van der Waals surface area contributed by atoms with Crippen molar-refractivity contribution in [2.24, 2.45) is 10.8 Å². The topological polar surface area (TPSA) is 109 Å². The number of amides is 1. The monoisotopic (exact) mass is 302 g/mol. The fourth-order valence-corrected chi connectivity index (χ4v) is 1.89. The minimum Gasteiger partial charge on any atom is -0.369 e. The van der Waals surface area contributed by atoms with Gasteiger partial charge in [-0.25, -0.2) is 10.5 Å². The molecule has 0 saturated heterocycles. The van der Waals surface area contributed by atoms with Crippen LogP contribution in [-0.4, -0.2) is 33.1 Å². The molecule has 7 nitrogen and oxygen atoms in total. The Kier molecular flexibility index (Phi) is 5.53. The van der Waals surface area contributed by atoms with Crippen LogP contribution >= 0.6 is 11.8 Å². The number of nitrogens with one attached hydrogen (secondary N) is 2. The molecule has 21 heavy (non-hydrogen) atoms. The van der Waals surface area contributed by atoms with Crippen molar-refractivity contribution in [3.05, 3.63) is 42.0 Å². The van der Waals surface area contributed by atoms with Gasteiger partial charge in [0.25, 0.3) is 0 Å². The van der Waals surface area contributed by atoms with Crippen LogP contribution in [0, 0.1) is 0 Å². The predicted molar refractivity (Wildman–Crippen MR) is 83.9 cm³/mol. The average Bonchev–Trinajstić information content (AvgIpc) is 2.94. The molecule has 0 bridgehead atoms. The van der Waals surface area contributed by atoms with E-state index < -0.39 is 5.91 Å². The van der Waals surface area contributed by atoms with Crippen LogP contribution in [0.1, 0.15) is 5.56 Å². The summed E-state index contributed by atoms with van der Waals surface area (Å²) >= 11 is 1.16. The normalized spacial score (nSPS) is 11.2. The number of nitrogens with zero attached hydrogens (tertiary/aromatic N) is 3. The van der Waals surface area contributed by atoms with Gasteiger partial charge in [-0.1, -0.05) is 48.2 Å². The van der Waals surface area contributed by atoms with Gasteiger partial charge in [0.15, 0.2) is 0 Å². The van der Waals surface area contributed by atoms with Crippen LogP contribution in [0.5, 0.6) is 0 Å². The van der Waals surface area contributed by atoms with Crippen molar-refractivity contribution in [2.45, 2.75) is 5.16 Å². The van der Waals surface area contributed by atoms with Crippen molar-refractivity contribution < 1.29 is 4.79 Å². The summed E-state index contributed by atoms with van der Waals surface area (Å²) < 4.78 is 0. The number of carbonyl (C=O) groups is 1.